The van der Waals surface area contributed by atoms with E-state index in [0.29, 0.717) is 0 Å². The molecule has 1 amide bonds. The summed E-state index contributed by atoms with van der Waals surface area (Å²) >= 11 is 0. The number of nitrogens with one attached hydrogen (secondary N) is 1. The molecule has 3 aromatic rings. The molecule has 0 radical (unpaired) electrons. The third-order valence-corrected chi connectivity index (χ3v) is 4.38. The summed E-state index contributed by atoms with van der Waals surface area (Å²) in [6.45, 7) is 0. The van der Waals surface area contributed by atoms with Gasteiger partial charge in [-0.2, -0.15) is 0 Å². The Bertz CT molecular complexity index is 856. The predicted octanol–water partition coefficient (Wildman–Crippen LogP) is 2.79. The second-order valence-corrected chi connectivity index (χ2v) is 5.91. The van der Waals surface area contributed by atoms with Crippen LogP contribution in [0.4, 0.5) is 5.69 Å². The summed E-state index contributed by atoms with van der Waals surface area (Å²) in [5, 5.41) is 14.0. The molecule has 1 aliphatic carbocycles. The van der Waals surface area contributed by atoms with Crippen molar-refractivity contribution in [3.8, 4) is 5.69 Å². The summed E-state index contributed by atoms with van der Waals surface area (Å²) in [5.74, 6) is -0.0519. The van der Waals surface area contributed by atoms with Gasteiger partial charge in [0.05, 0.1) is 5.69 Å². The number of carbonyl (C=O) groups is 1. The van der Waals surface area contributed by atoms with Gasteiger partial charge in [0.2, 0.25) is 0 Å². The Kier molecular flexibility index (Phi) is 3.78. The van der Waals surface area contributed by atoms with E-state index < -0.39 is 0 Å². The van der Waals surface area contributed by atoms with Crippen molar-refractivity contribution in [3.63, 3.8) is 0 Å². The molecule has 0 aliphatic heterocycles. The molecule has 1 heterocycles. The van der Waals surface area contributed by atoms with Gasteiger partial charge in [0.15, 0.2) is 0 Å². The topological polar surface area (TPSA) is 72.7 Å². The largest absolute Gasteiger partial charge is 0.322 e. The fourth-order valence-corrected chi connectivity index (χ4v) is 3.17. The molecule has 0 bridgehead atoms. The maximum absolute atomic E-state index is 12.7. The third-order valence-electron chi connectivity index (χ3n) is 4.38. The highest BCUT2D eigenvalue weighted by molar-refractivity contribution is 6.05. The zero-order chi connectivity index (χ0) is 16.4. The van der Waals surface area contributed by atoms with E-state index in [0.717, 1.165) is 36.2 Å². The van der Waals surface area contributed by atoms with Crippen LogP contribution in [0.2, 0.25) is 0 Å². The van der Waals surface area contributed by atoms with Gasteiger partial charge in [0.1, 0.15) is 6.33 Å². The molecule has 1 N–H and O–H groups in total. The molecule has 4 rings (SSSR count). The fraction of sp³-hybridized carbons (Fsp3) is 0.222. The Hall–Kier alpha value is -3.02. The Morgan fingerprint density at radius 3 is 2.67 bits per heavy atom. The smallest absolute Gasteiger partial charge is 0.255 e. The monoisotopic (exact) mass is 319 g/mol. The number of benzene rings is 2. The van der Waals surface area contributed by atoms with Crippen molar-refractivity contribution in [3.05, 3.63) is 65.5 Å². The molecule has 0 atom stereocenters. The fourth-order valence-electron chi connectivity index (χ4n) is 3.17. The van der Waals surface area contributed by atoms with Gasteiger partial charge in [0, 0.05) is 11.3 Å². The first-order chi connectivity index (χ1) is 11.8. The van der Waals surface area contributed by atoms with E-state index in [-0.39, 0.29) is 5.91 Å². The molecule has 1 aromatic heterocycles. The Labute approximate surface area is 139 Å². The lowest BCUT2D eigenvalue weighted by molar-refractivity contribution is 0.102. The lowest BCUT2D eigenvalue weighted by atomic mass is 9.88. The summed E-state index contributed by atoms with van der Waals surface area (Å²) in [4.78, 5) is 12.7. The van der Waals surface area contributed by atoms with Crippen LogP contribution >= 0.6 is 0 Å². The second kappa shape index (κ2) is 6.23. The molecule has 0 fully saturated rings. The minimum atomic E-state index is -0.0519. The molecule has 2 aromatic carbocycles. The van der Waals surface area contributed by atoms with Crippen molar-refractivity contribution in [2.24, 2.45) is 0 Å². The highest BCUT2D eigenvalue weighted by Gasteiger charge is 2.17. The summed E-state index contributed by atoms with van der Waals surface area (Å²) in [5.41, 5.74) is 4.89. The van der Waals surface area contributed by atoms with Crippen LogP contribution in [0.25, 0.3) is 5.69 Å². The number of tetrazole rings is 1. The SMILES string of the molecule is O=C(Nc1ccc(-n2cnnn2)cc1)c1cccc2c1CCCC2. The van der Waals surface area contributed by atoms with E-state index in [1.165, 1.54) is 23.9 Å². The molecular formula is C18H17N5O. The van der Waals surface area contributed by atoms with Gasteiger partial charge in [-0.05, 0) is 77.6 Å². The van der Waals surface area contributed by atoms with Crippen LogP contribution in [-0.2, 0) is 12.8 Å². The maximum Gasteiger partial charge on any atom is 0.255 e. The Morgan fingerprint density at radius 1 is 1.04 bits per heavy atom. The van der Waals surface area contributed by atoms with Crippen LogP contribution in [0, 0.1) is 0 Å². The van der Waals surface area contributed by atoms with Crippen LogP contribution in [0.3, 0.4) is 0 Å². The minimum Gasteiger partial charge on any atom is -0.322 e. The van der Waals surface area contributed by atoms with Crippen molar-refractivity contribution in [1.29, 1.82) is 0 Å². The summed E-state index contributed by atoms with van der Waals surface area (Å²) in [6, 6.07) is 13.5. The van der Waals surface area contributed by atoms with Crippen molar-refractivity contribution < 1.29 is 4.79 Å². The van der Waals surface area contributed by atoms with E-state index in [1.807, 2.05) is 36.4 Å². The van der Waals surface area contributed by atoms with Gasteiger partial charge in [-0.3, -0.25) is 4.79 Å². The van der Waals surface area contributed by atoms with Crippen LogP contribution in [0.5, 0.6) is 0 Å². The van der Waals surface area contributed by atoms with Gasteiger partial charge in [-0.15, -0.1) is 5.10 Å². The molecule has 6 heteroatoms. The molecule has 0 saturated carbocycles. The number of aromatic nitrogens is 4. The number of hydrogen-bond acceptors (Lipinski definition) is 4. The van der Waals surface area contributed by atoms with Crippen molar-refractivity contribution in [1.82, 2.24) is 20.2 Å². The van der Waals surface area contributed by atoms with E-state index in [9.17, 15) is 4.79 Å². The first kappa shape index (κ1) is 14.6. The molecule has 0 saturated heterocycles. The van der Waals surface area contributed by atoms with Crippen molar-refractivity contribution in [2.45, 2.75) is 25.7 Å². The van der Waals surface area contributed by atoms with Crippen LogP contribution in [-0.4, -0.2) is 26.1 Å². The quantitative estimate of drug-likeness (QED) is 0.805. The molecule has 24 heavy (non-hydrogen) atoms. The Balaban J connectivity index is 1.54. The molecule has 0 spiro atoms. The molecule has 0 unspecified atom stereocenters. The first-order valence-corrected chi connectivity index (χ1v) is 8.07. The average Bonchev–Trinajstić information content (AvgIpc) is 3.16. The predicted molar refractivity (Wildman–Crippen MR) is 90.2 cm³/mol. The molecule has 6 nitrogen and oxygen atoms in total. The lowest BCUT2D eigenvalue weighted by Gasteiger charge is -2.19. The standard InChI is InChI=1S/C18H17N5O/c24-18(17-7-3-5-13-4-1-2-6-16(13)17)20-14-8-10-15(11-9-14)23-12-19-21-22-23/h3,5,7-12H,1-2,4,6H2,(H,20,24). The van der Waals surface area contributed by atoms with Gasteiger partial charge in [-0.1, -0.05) is 12.1 Å². The minimum absolute atomic E-state index is 0.0519. The van der Waals surface area contributed by atoms with Crippen LogP contribution in [0.1, 0.15) is 34.3 Å². The van der Waals surface area contributed by atoms with E-state index in [1.54, 1.807) is 4.68 Å². The zero-order valence-electron chi connectivity index (χ0n) is 13.1. The van der Waals surface area contributed by atoms with Gasteiger partial charge in [0.25, 0.3) is 5.91 Å². The second-order valence-electron chi connectivity index (χ2n) is 5.91. The zero-order valence-corrected chi connectivity index (χ0v) is 13.1. The number of anilines is 1. The number of rotatable bonds is 3. The summed E-state index contributed by atoms with van der Waals surface area (Å²) < 4.78 is 1.57. The van der Waals surface area contributed by atoms with Gasteiger partial charge >= 0.3 is 0 Å². The van der Waals surface area contributed by atoms with Crippen LogP contribution < -0.4 is 5.32 Å². The maximum atomic E-state index is 12.7. The first-order valence-electron chi connectivity index (χ1n) is 8.07. The van der Waals surface area contributed by atoms with E-state index >= 15 is 0 Å². The molecule has 120 valence electrons. The average molecular weight is 319 g/mol. The van der Waals surface area contributed by atoms with Crippen LogP contribution in [0.15, 0.2) is 48.8 Å². The Morgan fingerprint density at radius 2 is 1.88 bits per heavy atom. The van der Waals surface area contributed by atoms with E-state index in [2.05, 4.69) is 26.9 Å². The third kappa shape index (κ3) is 2.78. The van der Waals surface area contributed by atoms with Gasteiger partial charge < -0.3 is 5.32 Å². The number of aryl methyl sites for hydroxylation is 1. The number of carbonyl (C=O) groups excluding carboxylic acids is 1. The summed E-state index contributed by atoms with van der Waals surface area (Å²) in [6.07, 6.45) is 5.94. The number of amides is 1. The van der Waals surface area contributed by atoms with Crippen molar-refractivity contribution >= 4 is 11.6 Å². The number of nitrogens with zero attached hydrogens (tertiary/aromatic N) is 4. The highest BCUT2D eigenvalue weighted by atomic mass is 16.1. The van der Waals surface area contributed by atoms with Crippen molar-refractivity contribution in [2.75, 3.05) is 5.32 Å². The van der Waals surface area contributed by atoms with E-state index in [4.69, 9.17) is 0 Å². The van der Waals surface area contributed by atoms with Gasteiger partial charge in [-0.25, -0.2) is 4.68 Å². The highest BCUT2D eigenvalue weighted by Crippen LogP contribution is 2.25. The molecule has 1 aliphatic rings. The number of fused-ring (bicyclic) bond motifs is 1. The number of hydrogen-bond donors (Lipinski definition) is 1. The summed E-state index contributed by atoms with van der Waals surface area (Å²) in [7, 11) is 0. The lowest BCUT2D eigenvalue weighted by Crippen LogP contribution is -2.17. The normalized spacial score (nSPS) is 13.3. The molecular weight excluding hydrogens is 302 g/mol.